The molecule has 236 valence electrons. The van der Waals surface area contributed by atoms with Crippen LogP contribution in [0.5, 0.6) is 0 Å². The summed E-state index contributed by atoms with van der Waals surface area (Å²) in [5, 5.41) is 14.0. The summed E-state index contributed by atoms with van der Waals surface area (Å²) in [6, 6.07) is 3.87. The van der Waals surface area contributed by atoms with Crippen molar-refractivity contribution in [3.8, 4) is 0 Å². The van der Waals surface area contributed by atoms with Crippen molar-refractivity contribution < 1.29 is 42.0 Å². The van der Waals surface area contributed by atoms with Crippen molar-refractivity contribution in [1.82, 2.24) is 4.57 Å². The lowest BCUT2D eigenvalue weighted by molar-refractivity contribution is -0.384. The molecule has 1 aliphatic rings. The number of carbonyl (C=O) groups excluding carboxylic acids is 4. The molecule has 0 aliphatic heterocycles. The van der Waals surface area contributed by atoms with Gasteiger partial charge in [0.25, 0.3) is 11.6 Å². The summed E-state index contributed by atoms with van der Waals surface area (Å²) in [6.07, 6.45) is 4.19. The van der Waals surface area contributed by atoms with Gasteiger partial charge in [0.2, 0.25) is 5.91 Å². The second kappa shape index (κ2) is 14.2. The Balaban J connectivity index is 1.55. The molecule has 17 heteroatoms. The Morgan fingerprint density at radius 1 is 1.05 bits per heavy atom. The zero-order valence-corrected chi connectivity index (χ0v) is 26.4. The number of ether oxygens (including phenoxy) is 2. The number of nitro groups is 1. The van der Waals surface area contributed by atoms with Gasteiger partial charge in [-0.25, -0.2) is 13.2 Å². The fourth-order valence-corrected chi connectivity index (χ4v) is 8.13. The predicted molar refractivity (Wildman–Crippen MR) is 162 cm³/mol. The van der Waals surface area contributed by atoms with Gasteiger partial charge >= 0.3 is 11.9 Å². The van der Waals surface area contributed by atoms with Crippen LogP contribution in [0, 0.1) is 10.1 Å². The first-order valence-corrected chi connectivity index (χ1v) is 17.2. The van der Waals surface area contributed by atoms with E-state index in [0.29, 0.717) is 16.6 Å². The van der Waals surface area contributed by atoms with E-state index < -0.39 is 50.0 Å². The van der Waals surface area contributed by atoms with Gasteiger partial charge in [0.1, 0.15) is 23.1 Å². The smallest absolute Gasteiger partial charge is 0.341 e. The van der Waals surface area contributed by atoms with Crippen LogP contribution in [0.1, 0.15) is 53.9 Å². The largest absolute Gasteiger partial charge is 0.465 e. The number of aryl methyl sites for hydroxylation is 1. The van der Waals surface area contributed by atoms with E-state index in [1.165, 1.54) is 34.1 Å². The van der Waals surface area contributed by atoms with Crippen molar-refractivity contribution in [1.29, 1.82) is 0 Å². The molecule has 2 amide bonds. The Bertz CT molecular complexity index is 1800. The maximum absolute atomic E-state index is 12.9. The highest BCUT2D eigenvalue weighted by Crippen LogP contribution is 2.38. The lowest BCUT2D eigenvalue weighted by atomic mass is 10.1. The maximum Gasteiger partial charge on any atom is 0.341 e. The number of carbonyl (C=O) groups is 4. The molecular weight excluding hydrogens is 637 g/mol. The van der Waals surface area contributed by atoms with Crippen molar-refractivity contribution in [2.75, 3.05) is 30.0 Å². The number of anilines is 1. The van der Waals surface area contributed by atoms with Crippen molar-refractivity contribution in [3.05, 3.63) is 49.1 Å². The van der Waals surface area contributed by atoms with Crippen LogP contribution in [-0.4, -0.2) is 66.4 Å². The summed E-state index contributed by atoms with van der Waals surface area (Å²) >= 11 is 2.07. The van der Waals surface area contributed by atoms with Crippen molar-refractivity contribution >= 4 is 77.2 Å². The van der Waals surface area contributed by atoms with Crippen LogP contribution >= 0.6 is 22.7 Å². The number of benzene rings is 1. The van der Waals surface area contributed by atoms with Gasteiger partial charge in [0, 0.05) is 17.0 Å². The number of rotatable bonds is 11. The molecule has 44 heavy (non-hydrogen) atoms. The average Bonchev–Trinajstić information content (AvgIpc) is 3.34. The van der Waals surface area contributed by atoms with Crippen LogP contribution < -0.4 is 10.1 Å². The highest BCUT2D eigenvalue weighted by molar-refractivity contribution is 7.92. The van der Waals surface area contributed by atoms with E-state index in [0.717, 1.165) is 47.5 Å². The Hall–Kier alpha value is -3.96. The highest BCUT2D eigenvalue weighted by Gasteiger charge is 2.28. The first-order chi connectivity index (χ1) is 20.9. The molecule has 0 saturated carbocycles. The van der Waals surface area contributed by atoms with Crippen LogP contribution in [0.3, 0.4) is 0 Å². The van der Waals surface area contributed by atoms with Gasteiger partial charge in [0.05, 0.1) is 33.9 Å². The average molecular weight is 667 g/mol. The zero-order chi connectivity index (χ0) is 32.0. The van der Waals surface area contributed by atoms with Gasteiger partial charge in [-0.15, -0.1) is 11.3 Å². The number of amides is 2. The van der Waals surface area contributed by atoms with Crippen molar-refractivity contribution in [2.24, 2.45) is 4.99 Å². The topological polar surface area (TPSA) is 193 Å². The Kier molecular flexibility index (Phi) is 10.6. The van der Waals surface area contributed by atoms with E-state index in [1.54, 1.807) is 13.8 Å². The second-order valence-corrected chi connectivity index (χ2v) is 13.9. The molecule has 0 bridgehead atoms. The Morgan fingerprint density at radius 3 is 2.48 bits per heavy atom. The summed E-state index contributed by atoms with van der Waals surface area (Å²) in [5.74, 6) is -5.43. The number of nitro benzene ring substituents is 1. The van der Waals surface area contributed by atoms with Gasteiger partial charge in [-0.05, 0) is 51.2 Å². The molecule has 3 aromatic rings. The SMILES string of the molecule is CCOC(=O)Cn1c(=NC(=O)CS(=O)(=O)CC(=O)Nc2sc3c(c2C(=O)OCC)CCCCC3)sc2cc([N+](=O)[O-])ccc21. The normalized spacial score (nSPS) is 13.6. The molecule has 0 radical (unpaired) electrons. The molecule has 1 aliphatic carbocycles. The third kappa shape index (κ3) is 7.95. The number of thiazole rings is 1. The quantitative estimate of drug-likeness (QED) is 0.138. The molecule has 4 rings (SSSR count). The van der Waals surface area contributed by atoms with E-state index in [9.17, 15) is 37.7 Å². The van der Waals surface area contributed by atoms with Gasteiger partial charge in [-0.3, -0.25) is 24.5 Å². The highest BCUT2D eigenvalue weighted by atomic mass is 32.2. The molecule has 0 saturated heterocycles. The molecular formula is C27H30N4O10S3. The molecule has 1 N–H and O–H groups in total. The number of sulfone groups is 1. The summed E-state index contributed by atoms with van der Waals surface area (Å²) in [4.78, 5) is 65.9. The first kappa shape index (κ1) is 32.9. The zero-order valence-electron chi connectivity index (χ0n) is 24.0. The molecule has 2 heterocycles. The van der Waals surface area contributed by atoms with E-state index in [-0.39, 0.29) is 40.8 Å². The predicted octanol–water partition coefficient (Wildman–Crippen LogP) is 3.16. The number of esters is 2. The lowest BCUT2D eigenvalue weighted by Crippen LogP contribution is -2.29. The Labute approximate surface area is 259 Å². The maximum atomic E-state index is 12.9. The van der Waals surface area contributed by atoms with Gasteiger partial charge in [0.15, 0.2) is 14.6 Å². The van der Waals surface area contributed by atoms with Gasteiger partial charge in [-0.1, -0.05) is 17.8 Å². The number of hydrogen-bond acceptors (Lipinski definition) is 12. The minimum absolute atomic E-state index is 0.0719. The minimum Gasteiger partial charge on any atom is -0.465 e. The number of nitrogens with zero attached hydrogens (tertiary/aromatic N) is 3. The van der Waals surface area contributed by atoms with Crippen molar-refractivity contribution in [3.63, 3.8) is 0 Å². The number of fused-ring (bicyclic) bond motifs is 2. The standard InChI is InChI=1S/C27H30N4O10S3/c1-3-40-23(34)13-30-18-11-10-16(31(36)37)12-20(18)43-27(30)29-22(33)15-44(38,39)14-21(32)28-25-24(26(35)41-4-2)17-8-6-5-7-9-19(17)42-25/h10-12H,3-9,13-15H2,1-2H3,(H,28,32). The number of thiophene rings is 1. The Morgan fingerprint density at radius 2 is 1.77 bits per heavy atom. The molecule has 0 unspecified atom stereocenters. The van der Waals surface area contributed by atoms with E-state index >= 15 is 0 Å². The monoisotopic (exact) mass is 666 g/mol. The van der Waals surface area contributed by atoms with Crippen LogP contribution in [0.15, 0.2) is 23.2 Å². The number of hydrogen-bond donors (Lipinski definition) is 1. The first-order valence-electron chi connectivity index (χ1n) is 13.7. The van der Waals surface area contributed by atoms with Crippen LogP contribution in [-0.2, 0) is 53.1 Å². The number of non-ortho nitro benzene ring substituents is 1. The van der Waals surface area contributed by atoms with Gasteiger partial charge < -0.3 is 19.4 Å². The fourth-order valence-electron chi connectivity index (χ4n) is 4.74. The van der Waals surface area contributed by atoms with Crippen LogP contribution in [0.4, 0.5) is 10.7 Å². The van der Waals surface area contributed by atoms with Crippen LogP contribution in [0.25, 0.3) is 10.2 Å². The lowest BCUT2D eigenvalue weighted by Gasteiger charge is -2.08. The summed E-state index contributed by atoms with van der Waals surface area (Å²) in [7, 11) is -4.32. The van der Waals surface area contributed by atoms with E-state index in [2.05, 4.69) is 10.3 Å². The third-order valence-electron chi connectivity index (χ3n) is 6.54. The fraction of sp³-hybridized carbons (Fsp3) is 0.444. The summed E-state index contributed by atoms with van der Waals surface area (Å²) < 4.78 is 37.5. The third-order valence-corrected chi connectivity index (χ3v) is 10.2. The van der Waals surface area contributed by atoms with E-state index in [4.69, 9.17) is 9.47 Å². The number of aromatic nitrogens is 1. The second-order valence-electron chi connectivity index (χ2n) is 9.76. The molecule has 0 fully saturated rings. The summed E-state index contributed by atoms with van der Waals surface area (Å²) in [5.41, 5.74) is 1.18. The van der Waals surface area contributed by atoms with Gasteiger partial charge in [-0.2, -0.15) is 4.99 Å². The molecule has 2 aromatic heterocycles. The van der Waals surface area contributed by atoms with E-state index in [1.807, 2.05) is 0 Å². The molecule has 14 nitrogen and oxygen atoms in total. The van der Waals surface area contributed by atoms with Crippen LogP contribution in [0.2, 0.25) is 0 Å². The molecule has 1 aromatic carbocycles. The molecule has 0 atom stereocenters. The minimum atomic E-state index is -4.32. The summed E-state index contributed by atoms with van der Waals surface area (Å²) in [6.45, 7) is 3.12. The number of nitrogens with one attached hydrogen (secondary N) is 1. The molecule has 0 spiro atoms. The van der Waals surface area contributed by atoms with Crippen molar-refractivity contribution in [2.45, 2.75) is 52.5 Å².